The second kappa shape index (κ2) is 8.76. The van der Waals surface area contributed by atoms with Crippen LogP contribution >= 0.6 is 0 Å². The number of fused-ring (bicyclic) bond motifs is 2. The number of carbonyl (C=O) groups excluding carboxylic acids is 3. The molecular formula is C22H32O6. The van der Waals surface area contributed by atoms with Crippen LogP contribution in [0.15, 0.2) is 36.6 Å². The number of methoxy groups -OCH3 is 2. The third kappa shape index (κ3) is 4.37. The minimum absolute atomic E-state index is 0.194. The average molecular weight is 392 g/mol. The van der Waals surface area contributed by atoms with Gasteiger partial charge in [0.2, 0.25) is 5.76 Å². The van der Waals surface area contributed by atoms with Crippen LogP contribution in [0.5, 0.6) is 0 Å². The standard InChI is InChI=1S/C14H22O2.C8H10O4/c1-9(12(15)16-5)11-8-10-6-7-14(11,4)13(10,2)3;1-5(2)7(9)12-6(3)8(10)11-4/h10-11H,1,6-8H2,2-5H3;1,3H2,2,4H3/t10-,11?,14-;/m1./s1. The van der Waals surface area contributed by atoms with Gasteiger partial charge in [-0.1, -0.05) is 33.9 Å². The van der Waals surface area contributed by atoms with Crippen molar-refractivity contribution < 1.29 is 28.6 Å². The van der Waals surface area contributed by atoms with Crippen molar-refractivity contribution in [3.63, 3.8) is 0 Å². The Labute approximate surface area is 167 Å². The lowest BCUT2D eigenvalue weighted by molar-refractivity contribution is -0.147. The molecule has 2 rings (SSSR count). The van der Waals surface area contributed by atoms with E-state index in [1.807, 2.05) is 0 Å². The zero-order chi connectivity index (χ0) is 21.9. The SMILES string of the molecule is C=C(C(=O)OC)C1C[C@H]2CC[C@@]1(C)C2(C)C.C=C(C)C(=O)OC(=C)C(=O)OC. The Balaban J connectivity index is 0.000000295. The zero-order valence-corrected chi connectivity index (χ0v) is 17.8. The van der Waals surface area contributed by atoms with Gasteiger partial charge in [-0.2, -0.15) is 0 Å². The minimum Gasteiger partial charge on any atom is -0.466 e. The third-order valence-electron chi connectivity index (χ3n) is 6.64. The summed E-state index contributed by atoms with van der Waals surface area (Å²) in [5.74, 6) is -0.979. The molecule has 2 aliphatic carbocycles. The molecule has 2 saturated carbocycles. The van der Waals surface area contributed by atoms with Crippen LogP contribution in [0.2, 0.25) is 0 Å². The maximum Gasteiger partial charge on any atom is 0.373 e. The zero-order valence-electron chi connectivity index (χ0n) is 17.8. The van der Waals surface area contributed by atoms with Crippen molar-refractivity contribution in [1.29, 1.82) is 0 Å². The van der Waals surface area contributed by atoms with Crippen LogP contribution in [0.25, 0.3) is 0 Å². The minimum atomic E-state index is -0.774. The van der Waals surface area contributed by atoms with E-state index in [1.54, 1.807) is 0 Å². The van der Waals surface area contributed by atoms with Gasteiger partial charge in [-0.3, -0.25) is 0 Å². The lowest BCUT2D eigenvalue weighted by Gasteiger charge is -2.39. The van der Waals surface area contributed by atoms with E-state index in [-0.39, 0.29) is 22.7 Å². The lowest BCUT2D eigenvalue weighted by atomic mass is 9.65. The topological polar surface area (TPSA) is 78.9 Å². The van der Waals surface area contributed by atoms with Crippen molar-refractivity contribution in [3.8, 4) is 0 Å². The highest BCUT2D eigenvalue weighted by Gasteiger charge is 2.62. The maximum atomic E-state index is 11.6. The van der Waals surface area contributed by atoms with Crippen molar-refractivity contribution in [2.45, 2.75) is 47.0 Å². The van der Waals surface area contributed by atoms with Crippen LogP contribution in [0.1, 0.15) is 47.0 Å². The summed E-state index contributed by atoms with van der Waals surface area (Å²) in [4.78, 5) is 33.0. The van der Waals surface area contributed by atoms with E-state index in [0.717, 1.165) is 12.3 Å². The molecule has 0 N–H and O–H groups in total. The molecule has 1 unspecified atom stereocenters. The molecule has 6 nitrogen and oxygen atoms in total. The van der Waals surface area contributed by atoms with Gasteiger partial charge in [-0.25, -0.2) is 14.4 Å². The number of hydrogen-bond donors (Lipinski definition) is 0. The molecule has 0 saturated heterocycles. The first-order valence-electron chi connectivity index (χ1n) is 9.25. The second-order valence-electron chi connectivity index (χ2n) is 8.26. The highest BCUT2D eigenvalue weighted by molar-refractivity contribution is 5.93. The van der Waals surface area contributed by atoms with Gasteiger partial charge in [0.25, 0.3) is 0 Å². The second-order valence-corrected chi connectivity index (χ2v) is 8.26. The van der Waals surface area contributed by atoms with E-state index >= 15 is 0 Å². The van der Waals surface area contributed by atoms with Crippen molar-refractivity contribution in [2.24, 2.45) is 22.7 Å². The van der Waals surface area contributed by atoms with Gasteiger partial charge in [0.15, 0.2) is 0 Å². The van der Waals surface area contributed by atoms with Gasteiger partial charge in [0.1, 0.15) is 0 Å². The smallest absolute Gasteiger partial charge is 0.373 e. The fourth-order valence-electron chi connectivity index (χ4n) is 4.36. The fourth-order valence-corrected chi connectivity index (χ4v) is 4.36. The van der Waals surface area contributed by atoms with E-state index < -0.39 is 11.9 Å². The Morgan fingerprint density at radius 2 is 1.46 bits per heavy atom. The molecule has 28 heavy (non-hydrogen) atoms. The monoisotopic (exact) mass is 392 g/mol. The van der Waals surface area contributed by atoms with Crippen LogP contribution in [-0.4, -0.2) is 32.1 Å². The van der Waals surface area contributed by atoms with Gasteiger partial charge in [-0.15, -0.1) is 0 Å². The summed E-state index contributed by atoms with van der Waals surface area (Å²) in [6.45, 7) is 18.9. The number of carbonyl (C=O) groups is 3. The van der Waals surface area contributed by atoms with Crippen molar-refractivity contribution in [1.82, 2.24) is 0 Å². The van der Waals surface area contributed by atoms with E-state index in [2.05, 4.69) is 50.0 Å². The summed E-state index contributed by atoms with van der Waals surface area (Å²) in [7, 11) is 2.61. The maximum absolute atomic E-state index is 11.6. The number of rotatable bonds is 5. The third-order valence-corrected chi connectivity index (χ3v) is 6.64. The Morgan fingerprint density at radius 3 is 1.82 bits per heavy atom. The van der Waals surface area contributed by atoms with Crippen molar-refractivity contribution in [3.05, 3.63) is 36.6 Å². The van der Waals surface area contributed by atoms with Gasteiger partial charge >= 0.3 is 17.9 Å². The predicted molar refractivity (Wildman–Crippen MR) is 106 cm³/mol. The summed E-state index contributed by atoms with van der Waals surface area (Å²) in [5, 5.41) is 0. The first-order valence-corrected chi connectivity index (χ1v) is 9.25. The van der Waals surface area contributed by atoms with Crippen LogP contribution < -0.4 is 0 Å². The molecule has 6 heteroatoms. The fraction of sp³-hybridized carbons (Fsp3) is 0.591. The highest BCUT2D eigenvalue weighted by Crippen LogP contribution is 2.69. The van der Waals surface area contributed by atoms with Gasteiger partial charge in [0.05, 0.1) is 14.2 Å². The summed E-state index contributed by atoms with van der Waals surface area (Å²) in [6, 6.07) is 0. The van der Waals surface area contributed by atoms with Crippen LogP contribution in [0.4, 0.5) is 0 Å². The Hall–Kier alpha value is -2.37. The molecule has 3 atom stereocenters. The predicted octanol–water partition coefficient (Wildman–Crippen LogP) is 3.97. The average Bonchev–Trinajstić information content (AvgIpc) is 2.99. The summed E-state index contributed by atoms with van der Waals surface area (Å²) in [5.41, 5.74) is 1.43. The van der Waals surface area contributed by atoms with E-state index in [4.69, 9.17) is 4.74 Å². The number of hydrogen-bond acceptors (Lipinski definition) is 6. The molecule has 0 aromatic heterocycles. The Kier molecular flexibility index (Phi) is 7.40. The molecule has 2 bridgehead atoms. The van der Waals surface area contributed by atoms with Gasteiger partial charge in [0, 0.05) is 11.1 Å². The molecule has 2 aliphatic rings. The summed E-state index contributed by atoms with van der Waals surface area (Å²) >= 11 is 0. The highest BCUT2D eigenvalue weighted by atomic mass is 16.6. The molecular weight excluding hydrogens is 360 g/mol. The van der Waals surface area contributed by atoms with E-state index in [9.17, 15) is 14.4 Å². The van der Waals surface area contributed by atoms with Crippen LogP contribution in [-0.2, 0) is 28.6 Å². The number of esters is 3. The molecule has 2 fully saturated rings. The quantitative estimate of drug-likeness (QED) is 0.305. The molecule has 0 spiro atoms. The van der Waals surface area contributed by atoms with Gasteiger partial charge < -0.3 is 14.2 Å². The van der Waals surface area contributed by atoms with Crippen molar-refractivity contribution in [2.75, 3.05) is 14.2 Å². The van der Waals surface area contributed by atoms with Crippen molar-refractivity contribution >= 4 is 17.9 Å². The first kappa shape index (κ1) is 23.7. The molecule has 0 aromatic rings. The number of ether oxygens (including phenoxy) is 3. The van der Waals surface area contributed by atoms with E-state index in [1.165, 1.54) is 34.0 Å². The molecule has 0 aliphatic heterocycles. The van der Waals surface area contributed by atoms with Crippen LogP contribution in [0, 0.1) is 22.7 Å². The molecule has 0 radical (unpaired) electrons. The molecule has 0 aromatic carbocycles. The normalized spacial score (nSPS) is 26.4. The molecule has 156 valence electrons. The Morgan fingerprint density at radius 1 is 0.929 bits per heavy atom. The molecule has 0 heterocycles. The van der Waals surface area contributed by atoms with E-state index in [0.29, 0.717) is 16.9 Å². The first-order chi connectivity index (χ1) is 12.8. The Bertz CT molecular complexity index is 702. The molecule has 0 amide bonds. The summed E-state index contributed by atoms with van der Waals surface area (Å²) < 4.78 is 13.5. The van der Waals surface area contributed by atoms with Crippen LogP contribution in [0.3, 0.4) is 0 Å². The lowest BCUT2D eigenvalue weighted by Crippen LogP contribution is -2.34. The largest absolute Gasteiger partial charge is 0.466 e. The summed E-state index contributed by atoms with van der Waals surface area (Å²) in [6.07, 6.45) is 3.62. The van der Waals surface area contributed by atoms with Gasteiger partial charge in [-0.05, 0) is 55.4 Å².